The third-order valence-electron chi connectivity index (χ3n) is 2.49. The van der Waals surface area contributed by atoms with Crippen molar-refractivity contribution >= 4 is 15.9 Å². The lowest BCUT2D eigenvalue weighted by Gasteiger charge is -2.15. The fourth-order valence-corrected chi connectivity index (χ4v) is 2.24. The fraction of sp³-hybridized carbons (Fsp3) is 0.455. The second-order valence-corrected chi connectivity index (χ2v) is 4.68. The van der Waals surface area contributed by atoms with Gasteiger partial charge in [-0.25, -0.2) is 4.39 Å². The van der Waals surface area contributed by atoms with E-state index in [1.807, 2.05) is 6.07 Å². The minimum absolute atomic E-state index is 0.195. The maximum absolute atomic E-state index is 12.8. The van der Waals surface area contributed by atoms with Crippen molar-refractivity contribution in [1.29, 1.82) is 0 Å². The van der Waals surface area contributed by atoms with E-state index in [1.165, 1.54) is 25.0 Å². The summed E-state index contributed by atoms with van der Waals surface area (Å²) in [6.07, 6.45) is 2.53. The van der Waals surface area contributed by atoms with Gasteiger partial charge in [0.05, 0.1) is 0 Å². The first-order valence-corrected chi connectivity index (χ1v) is 5.67. The van der Waals surface area contributed by atoms with Crippen molar-refractivity contribution < 1.29 is 4.39 Å². The van der Waals surface area contributed by atoms with Crippen molar-refractivity contribution in [2.75, 3.05) is 0 Å². The molecular formula is C11H13BrFN. The van der Waals surface area contributed by atoms with Gasteiger partial charge in [0.2, 0.25) is 0 Å². The van der Waals surface area contributed by atoms with E-state index in [0.29, 0.717) is 6.04 Å². The Morgan fingerprint density at radius 1 is 1.50 bits per heavy atom. The quantitative estimate of drug-likeness (QED) is 0.876. The van der Waals surface area contributed by atoms with E-state index in [0.717, 1.165) is 10.0 Å². The Balaban J connectivity index is 2.13. The first-order valence-electron chi connectivity index (χ1n) is 4.88. The third kappa shape index (κ3) is 2.34. The van der Waals surface area contributed by atoms with Crippen LogP contribution < -0.4 is 5.32 Å². The Bertz CT molecular complexity index is 336. The molecule has 0 saturated heterocycles. The SMILES string of the molecule is CC(NC1CC1)c1ccc(F)cc1Br. The lowest BCUT2D eigenvalue weighted by Crippen LogP contribution is -2.20. The molecule has 1 aromatic carbocycles. The average molecular weight is 258 g/mol. The molecular weight excluding hydrogens is 245 g/mol. The maximum atomic E-state index is 12.8. The molecule has 14 heavy (non-hydrogen) atoms. The van der Waals surface area contributed by atoms with Crippen molar-refractivity contribution in [2.24, 2.45) is 0 Å². The van der Waals surface area contributed by atoms with Gasteiger partial charge in [0.15, 0.2) is 0 Å². The van der Waals surface area contributed by atoms with Gasteiger partial charge in [0.25, 0.3) is 0 Å². The van der Waals surface area contributed by atoms with Crippen LogP contribution in [0, 0.1) is 5.82 Å². The Kier molecular flexibility index (Phi) is 2.88. The van der Waals surface area contributed by atoms with E-state index in [9.17, 15) is 4.39 Å². The standard InChI is InChI=1S/C11H13BrFN/c1-7(14-9-3-4-9)10-5-2-8(13)6-11(10)12/h2,5-7,9,14H,3-4H2,1H3. The summed E-state index contributed by atoms with van der Waals surface area (Å²) in [5, 5.41) is 3.48. The molecule has 2 rings (SSSR count). The maximum Gasteiger partial charge on any atom is 0.124 e. The van der Waals surface area contributed by atoms with Gasteiger partial charge in [-0.15, -0.1) is 0 Å². The molecule has 1 fully saturated rings. The van der Waals surface area contributed by atoms with Crippen LogP contribution in [-0.4, -0.2) is 6.04 Å². The minimum atomic E-state index is -0.195. The molecule has 1 unspecified atom stereocenters. The van der Waals surface area contributed by atoms with Gasteiger partial charge >= 0.3 is 0 Å². The molecule has 1 aromatic rings. The van der Waals surface area contributed by atoms with Gasteiger partial charge in [0, 0.05) is 16.6 Å². The van der Waals surface area contributed by atoms with E-state index in [1.54, 1.807) is 0 Å². The van der Waals surface area contributed by atoms with Crippen LogP contribution in [0.3, 0.4) is 0 Å². The highest BCUT2D eigenvalue weighted by Gasteiger charge is 2.23. The predicted octanol–water partition coefficient (Wildman–Crippen LogP) is 3.40. The van der Waals surface area contributed by atoms with Crippen LogP contribution in [0.25, 0.3) is 0 Å². The summed E-state index contributed by atoms with van der Waals surface area (Å²) in [6, 6.07) is 5.81. The Morgan fingerprint density at radius 2 is 2.21 bits per heavy atom. The van der Waals surface area contributed by atoms with Crippen molar-refractivity contribution in [2.45, 2.75) is 31.8 Å². The molecule has 0 aliphatic heterocycles. The Morgan fingerprint density at radius 3 is 2.79 bits per heavy atom. The van der Waals surface area contributed by atoms with Crippen LogP contribution in [-0.2, 0) is 0 Å². The van der Waals surface area contributed by atoms with Crippen LogP contribution in [0.4, 0.5) is 4.39 Å². The highest BCUT2D eigenvalue weighted by molar-refractivity contribution is 9.10. The molecule has 0 amide bonds. The second kappa shape index (κ2) is 3.99. The molecule has 76 valence electrons. The van der Waals surface area contributed by atoms with E-state index in [-0.39, 0.29) is 11.9 Å². The molecule has 0 spiro atoms. The molecule has 1 saturated carbocycles. The number of nitrogens with one attached hydrogen (secondary N) is 1. The van der Waals surface area contributed by atoms with Gasteiger partial charge in [0.1, 0.15) is 5.82 Å². The normalized spacial score (nSPS) is 18.2. The smallest absolute Gasteiger partial charge is 0.124 e. The van der Waals surface area contributed by atoms with Gasteiger partial charge in [-0.3, -0.25) is 0 Å². The van der Waals surface area contributed by atoms with E-state index >= 15 is 0 Å². The van der Waals surface area contributed by atoms with Crippen LogP contribution in [0.2, 0.25) is 0 Å². The number of benzene rings is 1. The summed E-state index contributed by atoms with van der Waals surface area (Å²) < 4.78 is 13.7. The monoisotopic (exact) mass is 257 g/mol. The van der Waals surface area contributed by atoms with Gasteiger partial charge < -0.3 is 5.32 Å². The highest BCUT2D eigenvalue weighted by Crippen LogP contribution is 2.28. The summed E-state index contributed by atoms with van der Waals surface area (Å²) in [6.45, 7) is 2.11. The highest BCUT2D eigenvalue weighted by atomic mass is 79.9. The lowest BCUT2D eigenvalue weighted by atomic mass is 10.1. The summed E-state index contributed by atoms with van der Waals surface area (Å²) in [4.78, 5) is 0. The minimum Gasteiger partial charge on any atom is -0.307 e. The lowest BCUT2D eigenvalue weighted by molar-refractivity contribution is 0.565. The molecule has 3 heteroatoms. The zero-order valence-corrected chi connectivity index (χ0v) is 9.64. The molecule has 1 nitrogen and oxygen atoms in total. The summed E-state index contributed by atoms with van der Waals surface area (Å²) in [5.74, 6) is -0.195. The van der Waals surface area contributed by atoms with E-state index in [2.05, 4.69) is 28.2 Å². The van der Waals surface area contributed by atoms with Crippen molar-refractivity contribution in [3.8, 4) is 0 Å². The second-order valence-electron chi connectivity index (χ2n) is 3.83. The van der Waals surface area contributed by atoms with Crippen LogP contribution in [0.15, 0.2) is 22.7 Å². The number of hydrogen-bond acceptors (Lipinski definition) is 1. The molecule has 0 radical (unpaired) electrons. The zero-order valence-electron chi connectivity index (χ0n) is 8.06. The van der Waals surface area contributed by atoms with Crippen LogP contribution in [0.5, 0.6) is 0 Å². The van der Waals surface area contributed by atoms with E-state index in [4.69, 9.17) is 0 Å². The van der Waals surface area contributed by atoms with Crippen LogP contribution in [0.1, 0.15) is 31.4 Å². The molecule has 1 N–H and O–H groups in total. The Hall–Kier alpha value is -0.410. The van der Waals surface area contributed by atoms with Gasteiger partial charge in [-0.05, 0) is 37.5 Å². The predicted molar refractivity (Wildman–Crippen MR) is 58.7 cm³/mol. The van der Waals surface area contributed by atoms with Crippen LogP contribution >= 0.6 is 15.9 Å². The number of halogens is 2. The number of hydrogen-bond donors (Lipinski definition) is 1. The molecule has 1 aliphatic rings. The zero-order chi connectivity index (χ0) is 10.1. The average Bonchev–Trinajstić information content (AvgIpc) is 2.87. The van der Waals surface area contributed by atoms with Gasteiger partial charge in [-0.2, -0.15) is 0 Å². The summed E-state index contributed by atoms with van der Waals surface area (Å²) in [7, 11) is 0. The molecule has 0 heterocycles. The largest absolute Gasteiger partial charge is 0.307 e. The topological polar surface area (TPSA) is 12.0 Å². The van der Waals surface area contributed by atoms with E-state index < -0.39 is 0 Å². The number of rotatable bonds is 3. The molecule has 0 bridgehead atoms. The van der Waals surface area contributed by atoms with Crippen molar-refractivity contribution in [3.63, 3.8) is 0 Å². The fourth-order valence-electron chi connectivity index (χ4n) is 1.55. The molecule has 0 aromatic heterocycles. The molecule has 1 atom stereocenters. The third-order valence-corrected chi connectivity index (χ3v) is 3.18. The Labute approximate surface area is 91.8 Å². The molecule has 1 aliphatic carbocycles. The first kappa shape index (κ1) is 10.1. The summed E-state index contributed by atoms with van der Waals surface area (Å²) in [5.41, 5.74) is 1.12. The first-order chi connectivity index (χ1) is 6.66. The van der Waals surface area contributed by atoms with Gasteiger partial charge in [-0.1, -0.05) is 22.0 Å². The van der Waals surface area contributed by atoms with Crippen molar-refractivity contribution in [1.82, 2.24) is 5.32 Å². The van der Waals surface area contributed by atoms with Crippen molar-refractivity contribution in [3.05, 3.63) is 34.1 Å². The summed E-state index contributed by atoms with van der Waals surface area (Å²) >= 11 is 3.38.